The molecule has 50 heavy (non-hydrogen) atoms. The number of carbonyl (C=O) groups is 2. The molecule has 2 aliphatic carbocycles. The highest BCUT2D eigenvalue weighted by Crippen LogP contribution is 2.61. The zero-order valence-corrected chi connectivity index (χ0v) is 29.2. The number of alkyl halides is 3. The van der Waals surface area contributed by atoms with E-state index in [1.165, 1.54) is 35.2 Å². The molecule has 1 atom stereocenters. The standard InChI is InChI=1S/C35H40F3N5O6S/c1-20-8-6-9-21(2)29(20)27-17-28-41-31(40-27)42-50(46,47)26-11-7-10-22(14-26)30(44)43(24-15-23(16-24)39-32(45)49-33(3,4)5)25(19-48-28)18-34(12-13-34)35(36,37)38/h6-11,14,17,23-25H,12-13,15-16,18-19H2,1-5H3,(H,39,45)(H,40,41,42)/t23?,24?,25-/m1/s1. The Morgan fingerprint density at radius 3 is 2.34 bits per heavy atom. The molecule has 11 nitrogen and oxygen atoms in total. The molecule has 268 valence electrons. The Hall–Kier alpha value is -4.40. The second kappa shape index (κ2) is 12.7. The van der Waals surface area contributed by atoms with Crippen LogP contribution < -0.4 is 14.8 Å². The van der Waals surface area contributed by atoms with Gasteiger partial charge in [0, 0.05) is 29.3 Å². The fraction of sp³-hybridized carbons (Fsp3) is 0.486. The SMILES string of the molecule is Cc1cccc(C)c1-c1cc2nc(n1)NS(=O)(=O)c1cccc(c1)C(=O)N(C1CC(NC(=O)OC(C)(C)C)C1)[C@H](CC1(C(F)(F)F)CC1)CO2. The summed E-state index contributed by atoms with van der Waals surface area (Å²) in [4.78, 5) is 36.8. The van der Waals surface area contributed by atoms with Crippen molar-refractivity contribution in [1.82, 2.24) is 20.2 Å². The molecule has 15 heteroatoms. The smallest absolute Gasteiger partial charge is 0.407 e. The highest BCUT2D eigenvalue weighted by atomic mass is 32.2. The molecule has 2 fully saturated rings. The van der Waals surface area contributed by atoms with E-state index in [2.05, 4.69) is 20.0 Å². The van der Waals surface area contributed by atoms with Crippen LogP contribution in [-0.2, 0) is 14.8 Å². The van der Waals surface area contributed by atoms with E-state index < -0.39 is 63.8 Å². The summed E-state index contributed by atoms with van der Waals surface area (Å²) in [6.07, 6.45) is -5.28. The lowest BCUT2D eigenvalue weighted by Crippen LogP contribution is -2.60. The van der Waals surface area contributed by atoms with E-state index in [0.717, 1.165) is 11.1 Å². The van der Waals surface area contributed by atoms with E-state index in [1.807, 2.05) is 32.0 Å². The topological polar surface area (TPSA) is 140 Å². The number of amides is 2. The normalized spacial score (nSPS) is 22.8. The molecule has 2 N–H and O–H groups in total. The highest BCUT2D eigenvalue weighted by Gasteiger charge is 2.64. The fourth-order valence-corrected chi connectivity index (χ4v) is 7.67. The van der Waals surface area contributed by atoms with Crippen LogP contribution in [0.4, 0.5) is 23.9 Å². The molecule has 2 saturated carbocycles. The first-order chi connectivity index (χ1) is 23.3. The average molecular weight is 716 g/mol. The minimum absolute atomic E-state index is 0.0265. The van der Waals surface area contributed by atoms with Gasteiger partial charge in [0.25, 0.3) is 15.9 Å². The zero-order valence-electron chi connectivity index (χ0n) is 28.4. The van der Waals surface area contributed by atoms with Gasteiger partial charge in [0.2, 0.25) is 11.8 Å². The Morgan fingerprint density at radius 1 is 1.06 bits per heavy atom. The van der Waals surface area contributed by atoms with Crippen LogP contribution in [-0.4, -0.2) is 71.8 Å². The number of fused-ring (bicyclic) bond motifs is 4. The Kier molecular flexibility index (Phi) is 9.02. The predicted octanol–water partition coefficient (Wildman–Crippen LogP) is 6.55. The molecule has 1 aromatic heterocycles. The largest absolute Gasteiger partial charge is 0.475 e. The molecule has 3 aromatic rings. The summed E-state index contributed by atoms with van der Waals surface area (Å²) in [7, 11) is -4.33. The van der Waals surface area contributed by atoms with Crippen LogP contribution in [0.5, 0.6) is 5.88 Å². The van der Waals surface area contributed by atoms with E-state index in [9.17, 15) is 31.2 Å². The van der Waals surface area contributed by atoms with Gasteiger partial charge in [0.05, 0.1) is 22.0 Å². The van der Waals surface area contributed by atoms with Gasteiger partial charge in [-0.1, -0.05) is 24.3 Å². The quantitative estimate of drug-likeness (QED) is 0.303. The van der Waals surface area contributed by atoms with Crippen LogP contribution in [0, 0.1) is 19.3 Å². The van der Waals surface area contributed by atoms with Crippen molar-refractivity contribution >= 4 is 28.0 Å². The van der Waals surface area contributed by atoms with Gasteiger partial charge in [-0.25, -0.2) is 22.9 Å². The van der Waals surface area contributed by atoms with Gasteiger partial charge in [-0.15, -0.1) is 0 Å². The lowest BCUT2D eigenvalue weighted by molar-refractivity contribution is -0.193. The summed E-state index contributed by atoms with van der Waals surface area (Å²) in [5.74, 6) is -1.02. The van der Waals surface area contributed by atoms with Crippen molar-refractivity contribution in [3.8, 4) is 17.1 Å². The number of nitrogens with one attached hydrogen (secondary N) is 2. The van der Waals surface area contributed by atoms with Gasteiger partial charge in [-0.2, -0.15) is 18.2 Å². The summed E-state index contributed by atoms with van der Waals surface area (Å²) in [5.41, 5.74) is -0.00342. The van der Waals surface area contributed by atoms with E-state index in [-0.39, 0.29) is 54.6 Å². The number of halogens is 3. The molecule has 0 unspecified atom stereocenters. The summed E-state index contributed by atoms with van der Waals surface area (Å²) in [6, 6.07) is 10.4. The number of hydrogen-bond acceptors (Lipinski definition) is 8. The molecule has 0 radical (unpaired) electrons. The molecule has 3 aliphatic rings. The maximum Gasteiger partial charge on any atom is 0.407 e. The highest BCUT2D eigenvalue weighted by molar-refractivity contribution is 7.92. The number of nitrogens with zero attached hydrogens (tertiary/aromatic N) is 3. The predicted molar refractivity (Wildman–Crippen MR) is 178 cm³/mol. The molecule has 2 heterocycles. The molecule has 4 bridgehead atoms. The van der Waals surface area contributed by atoms with Crippen LogP contribution in [0.2, 0.25) is 0 Å². The van der Waals surface area contributed by atoms with Crippen molar-refractivity contribution in [2.75, 3.05) is 11.3 Å². The number of aryl methyl sites for hydroxylation is 2. The Morgan fingerprint density at radius 2 is 1.72 bits per heavy atom. The van der Waals surface area contributed by atoms with Crippen LogP contribution in [0.3, 0.4) is 0 Å². The monoisotopic (exact) mass is 715 g/mol. The third-order valence-corrected chi connectivity index (χ3v) is 10.7. The molecular formula is C35H40F3N5O6S. The average Bonchev–Trinajstić information content (AvgIpc) is 3.78. The Bertz CT molecular complexity index is 1900. The maximum absolute atomic E-state index is 14.5. The Balaban J connectivity index is 1.42. The summed E-state index contributed by atoms with van der Waals surface area (Å²) in [6.45, 7) is 8.56. The van der Waals surface area contributed by atoms with Crippen molar-refractivity contribution in [3.63, 3.8) is 0 Å². The molecule has 0 spiro atoms. The molecule has 2 amide bonds. The van der Waals surface area contributed by atoms with Gasteiger partial charge < -0.3 is 19.7 Å². The molecule has 1 aliphatic heterocycles. The van der Waals surface area contributed by atoms with Gasteiger partial charge in [0.1, 0.15) is 12.2 Å². The van der Waals surface area contributed by atoms with Gasteiger partial charge in [-0.3, -0.25) is 4.79 Å². The molecular weight excluding hydrogens is 675 g/mol. The summed E-state index contributed by atoms with van der Waals surface area (Å²) >= 11 is 0. The summed E-state index contributed by atoms with van der Waals surface area (Å²) in [5, 5.41) is 2.77. The fourth-order valence-electron chi connectivity index (χ4n) is 6.68. The van der Waals surface area contributed by atoms with Crippen molar-refractivity contribution in [2.45, 2.75) is 102 Å². The van der Waals surface area contributed by atoms with Crippen molar-refractivity contribution < 1.29 is 40.7 Å². The lowest BCUT2D eigenvalue weighted by Gasteiger charge is -2.47. The second-order valence-electron chi connectivity index (χ2n) is 14.4. The van der Waals surface area contributed by atoms with Gasteiger partial charge in [-0.05, 0) is 96.0 Å². The third kappa shape index (κ3) is 7.37. The minimum atomic E-state index is -4.52. The number of ether oxygens (including phenoxy) is 2. The van der Waals surface area contributed by atoms with E-state index in [4.69, 9.17) is 9.47 Å². The van der Waals surface area contributed by atoms with Gasteiger partial charge in [0.15, 0.2) is 0 Å². The van der Waals surface area contributed by atoms with Gasteiger partial charge >= 0.3 is 12.3 Å². The first-order valence-electron chi connectivity index (χ1n) is 16.4. The first-order valence-corrected chi connectivity index (χ1v) is 17.9. The number of anilines is 1. The number of benzene rings is 2. The maximum atomic E-state index is 14.5. The Labute approximate surface area is 289 Å². The van der Waals surface area contributed by atoms with E-state index in [1.54, 1.807) is 20.8 Å². The number of sulfonamides is 1. The number of alkyl carbamates (subject to hydrolysis) is 1. The number of rotatable bonds is 5. The first kappa shape index (κ1) is 35.4. The minimum Gasteiger partial charge on any atom is -0.475 e. The molecule has 2 aromatic carbocycles. The summed E-state index contributed by atoms with van der Waals surface area (Å²) < 4.78 is 84.5. The van der Waals surface area contributed by atoms with Crippen molar-refractivity contribution in [2.24, 2.45) is 5.41 Å². The van der Waals surface area contributed by atoms with E-state index >= 15 is 0 Å². The van der Waals surface area contributed by atoms with Crippen LogP contribution >= 0.6 is 0 Å². The zero-order chi connectivity index (χ0) is 36.2. The third-order valence-electron chi connectivity index (χ3n) is 9.42. The number of hydrogen-bond donors (Lipinski definition) is 2. The number of aromatic nitrogens is 2. The van der Waals surface area contributed by atoms with Crippen LogP contribution in [0.25, 0.3) is 11.3 Å². The van der Waals surface area contributed by atoms with E-state index in [0.29, 0.717) is 11.3 Å². The number of carbonyl (C=O) groups excluding carboxylic acids is 2. The van der Waals surface area contributed by atoms with Crippen LogP contribution in [0.15, 0.2) is 53.4 Å². The lowest BCUT2D eigenvalue weighted by atomic mass is 9.83. The van der Waals surface area contributed by atoms with Crippen molar-refractivity contribution in [1.29, 1.82) is 0 Å². The second-order valence-corrected chi connectivity index (χ2v) is 16.1. The van der Waals surface area contributed by atoms with Crippen molar-refractivity contribution in [3.05, 3.63) is 65.2 Å². The molecule has 6 rings (SSSR count). The molecule has 0 saturated heterocycles. The van der Waals surface area contributed by atoms with Crippen LogP contribution in [0.1, 0.15) is 74.4 Å².